The average molecular weight is 395 g/mol. The largest absolute Gasteiger partial charge is 0.383 e. The van der Waals surface area contributed by atoms with Gasteiger partial charge in [0.15, 0.2) is 0 Å². The van der Waals surface area contributed by atoms with Crippen molar-refractivity contribution in [2.45, 2.75) is 0 Å². The normalized spacial score (nSPS) is 9.77. The molecule has 124 valence electrons. The van der Waals surface area contributed by atoms with Crippen molar-refractivity contribution in [1.29, 1.82) is 0 Å². The minimum absolute atomic E-state index is 0. The summed E-state index contributed by atoms with van der Waals surface area (Å²) in [5.74, 6) is -0.386. The van der Waals surface area contributed by atoms with E-state index in [1.165, 1.54) is 4.90 Å². The van der Waals surface area contributed by atoms with E-state index in [2.05, 4.69) is 26.6 Å². The molecule has 0 heterocycles. The van der Waals surface area contributed by atoms with Crippen molar-refractivity contribution in [2.24, 2.45) is 0 Å². The zero-order valence-corrected chi connectivity index (χ0v) is 15.0. The van der Waals surface area contributed by atoms with Gasteiger partial charge in [0.25, 0.3) is 0 Å². The maximum atomic E-state index is 11.9. The minimum Gasteiger partial charge on any atom is -0.383 e. The molecule has 6 nitrogen and oxygen atoms in total. The van der Waals surface area contributed by atoms with Crippen LogP contribution in [0.15, 0.2) is 28.7 Å². The number of anilines is 1. The molecule has 1 aromatic carbocycles. The van der Waals surface area contributed by atoms with Crippen LogP contribution < -0.4 is 10.6 Å². The van der Waals surface area contributed by atoms with Gasteiger partial charge in [-0.1, -0.05) is 12.1 Å². The fraction of sp³-hybridized carbons (Fsp3) is 0.429. The van der Waals surface area contributed by atoms with E-state index in [-0.39, 0.29) is 37.3 Å². The number of carbonyl (C=O) groups excluding carboxylic acids is 2. The quantitative estimate of drug-likeness (QED) is 0.656. The summed E-state index contributed by atoms with van der Waals surface area (Å²) in [5, 5.41) is 5.70. The number of benzene rings is 1. The lowest BCUT2D eigenvalue weighted by Gasteiger charge is -2.17. The molecule has 0 aromatic heterocycles. The van der Waals surface area contributed by atoms with E-state index < -0.39 is 0 Å². The molecule has 0 saturated carbocycles. The van der Waals surface area contributed by atoms with Crippen LogP contribution in [0.5, 0.6) is 0 Å². The third-order valence-electron chi connectivity index (χ3n) is 2.71. The Kier molecular flexibility index (Phi) is 10.8. The van der Waals surface area contributed by atoms with Crippen LogP contribution in [0.3, 0.4) is 0 Å². The number of hydrogen-bond donors (Lipinski definition) is 2. The van der Waals surface area contributed by atoms with Gasteiger partial charge in [-0.25, -0.2) is 0 Å². The lowest BCUT2D eigenvalue weighted by molar-refractivity contribution is -0.132. The van der Waals surface area contributed by atoms with Crippen molar-refractivity contribution in [1.82, 2.24) is 10.2 Å². The molecule has 0 fully saturated rings. The Morgan fingerprint density at radius 3 is 2.64 bits per heavy atom. The molecule has 2 amide bonds. The predicted molar refractivity (Wildman–Crippen MR) is 92.4 cm³/mol. The monoisotopic (exact) mass is 393 g/mol. The maximum Gasteiger partial charge on any atom is 0.244 e. The van der Waals surface area contributed by atoms with Crippen molar-refractivity contribution in [3.63, 3.8) is 0 Å². The smallest absolute Gasteiger partial charge is 0.244 e. The van der Waals surface area contributed by atoms with Gasteiger partial charge in [-0.3, -0.25) is 9.59 Å². The first kappa shape index (κ1) is 20.9. The molecule has 0 saturated heterocycles. The third kappa shape index (κ3) is 7.74. The molecular formula is C14H21BrClN3O3. The standard InChI is InChI=1S/C14H20BrN3O3.ClH/c1-18(14(20)9-16-7-8-21-2)10-13(19)17-12-6-4-3-5-11(12)15;/h3-6,16H,7-10H2,1-2H3,(H,17,19);1H. The van der Waals surface area contributed by atoms with Gasteiger partial charge in [0.2, 0.25) is 11.8 Å². The molecule has 0 aliphatic rings. The summed E-state index contributed by atoms with van der Waals surface area (Å²) >= 11 is 3.35. The number of likely N-dealkylation sites (N-methyl/N-ethyl adjacent to an activating group) is 1. The molecule has 0 radical (unpaired) electrons. The van der Waals surface area contributed by atoms with Crippen molar-refractivity contribution < 1.29 is 14.3 Å². The summed E-state index contributed by atoms with van der Waals surface area (Å²) in [7, 11) is 3.20. The van der Waals surface area contributed by atoms with Crippen LogP contribution in [-0.2, 0) is 14.3 Å². The van der Waals surface area contributed by atoms with Gasteiger partial charge in [0.1, 0.15) is 0 Å². The third-order valence-corrected chi connectivity index (χ3v) is 3.41. The van der Waals surface area contributed by atoms with Crippen molar-refractivity contribution in [3.8, 4) is 0 Å². The fourth-order valence-electron chi connectivity index (χ4n) is 1.56. The van der Waals surface area contributed by atoms with Gasteiger partial charge in [-0.15, -0.1) is 12.4 Å². The van der Waals surface area contributed by atoms with Crippen LogP contribution in [0.2, 0.25) is 0 Å². The Bertz CT molecular complexity index is 488. The number of methoxy groups -OCH3 is 1. The van der Waals surface area contributed by atoms with Crippen LogP contribution in [0, 0.1) is 0 Å². The van der Waals surface area contributed by atoms with E-state index in [0.29, 0.717) is 18.8 Å². The van der Waals surface area contributed by atoms with Crippen LogP contribution >= 0.6 is 28.3 Å². The number of ether oxygens (including phenoxy) is 1. The summed E-state index contributed by atoms with van der Waals surface area (Å²) in [6.45, 7) is 1.33. The lowest BCUT2D eigenvalue weighted by Crippen LogP contribution is -2.40. The average Bonchev–Trinajstić information content (AvgIpc) is 2.45. The van der Waals surface area contributed by atoms with Gasteiger partial charge in [-0.2, -0.15) is 0 Å². The molecular weight excluding hydrogens is 374 g/mol. The zero-order chi connectivity index (χ0) is 15.7. The fourth-order valence-corrected chi connectivity index (χ4v) is 1.94. The highest BCUT2D eigenvalue weighted by molar-refractivity contribution is 9.10. The number of nitrogens with zero attached hydrogens (tertiary/aromatic N) is 1. The molecule has 1 rings (SSSR count). The Labute approximate surface area is 145 Å². The van der Waals surface area contributed by atoms with Gasteiger partial charge in [0, 0.05) is 25.2 Å². The molecule has 22 heavy (non-hydrogen) atoms. The maximum absolute atomic E-state index is 11.9. The van der Waals surface area contributed by atoms with E-state index in [1.807, 2.05) is 18.2 Å². The van der Waals surface area contributed by atoms with Crippen molar-refractivity contribution in [3.05, 3.63) is 28.7 Å². The topological polar surface area (TPSA) is 70.7 Å². The molecule has 8 heteroatoms. The first-order valence-electron chi connectivity index (χ1n) is 6.52. The second-order valence-electron chi connectivity index (χ2n) is 4.45. The van der Waals surface area contributed by atoms with Gasteiger partial charge >= 0.3 is 0 Å². The van der Waals surface area contributed by atoms with E-state index in [9.17, 15) is 9.59 Å². The first-order valence-corrected chi connectivity index (χ1v) is 7.32. The number of para-hydroxylation sites is 1. The number of carbonyl (C=O) groups is 2. The predicted octanol–water partition coefficient (Wildman–Crippen LogP) is 1.50. The van der Waals surface area contributed by atoms with Crippen molar-refractivity contribution >= 4 is 45.8 Å². The lowest BCUT2D eigenvalue weighted by atomic mass is 10.3. The summed E-state index contributed by atoms with van der Waals surface area (Å²) < 4.78 is 5.67. The molecule has 0 spiro atoms. The number of hydrogen-bond acceptors (Lipinski definition) is 4. The Morgan fingerprint density at radius 2 is 2.00 bits per heavy atom. The van der Waals surface area contributed by atoms with Crippen LogP contribution in [-0.4, -0.2) is 57.1 Å². The van der Waals surface area contributed by atoms with E-state index in [4.69, 9.17) is 4.74 Å². The van der Waals surface area contributed by atoms with E-state index in [0.717, 1.165) is 4.47 Å². The molecule has 0 atom stereocenters. The van der Waals surface area contributed by atoms with Gasteiger partial charge in [-0.05, 0) is 28.1 Å². The van der Waals surface area contributed by atoms with Crippen LogP contribution in [0.1, 0.15) is 0 Å². The van der Waals surface area contributed by atoms with Gasteiger partial charge in [0.05, 0.1) is 25.4 Å². The van der Waals surface area contributed by atoms with Gasteiger partial charge < -0.3 is 20.3 Å². The number of halogens is 2. The highest BCUT2D eigenvalue weighted by atomic mass is 79.9. The highest BCUT2D eigenvalue weighted by Gasteiger charge is 2.13. The second-order valence-corrected chi connectivity index (χ2v) is 5.30. The molecule has 0 unspecified atom stereocenters. The highest BCUT2D eigenvalue weighted by Crippen LogP contribution is 2.20. The molecule has 1 aromatic rings. The Morgan fingerprint density at radius 1 is 1.32 bits per heavy atom. The van der Waals surface area contributed by atoms with Crippen molar-refractivity contribution in [2.75, 3.05) is 45.7 Å². The summed E-state index contributed by atoms with van der Waals surface area (Å²) in [4.78, 5) is 25.1. The summed E-state index contributed by atoms with van der Waals surface area (Å²) in [6, 6.07) is 7.32. The Balaban J connectivity index is 0.00000441. The van der Waals surface area contributed by atoms with Crippen LogP contribution in [0.4, 0.5) is 5.69 Å². The number of amides is 2. The van der Waals surface area contributed by atoms with E-state index in [1.54, 1.807) is 20.2 Å². The Hall–Kier alpha value is -1.15. The second kappa shape index (κ2) is 11.4. The molecule has 0 aliphatic carbocycles. The first-order chi connectivity index (χ1) is 10.0. The minimum atomic E-state index is -0.241. The molecule has 0 bridgehead atoms. The molecule has 0 aliphatic heterocycles. The summed E-state index contributed by atoms with van der Waals surface area (Å²) in [5.41, 5.74) is 0.682. The summed E-state index contributed by atoms with van der Waals surface area (Å²) in [6.07, 6.45) is 0. The molecule has 2 N–H and O–H groups in total. The van der Waals surface area contributed by atoms with E-state index >= 15 is 0 Å². The van der Waals surface area contributed by atoms with Crippen LogP contribution in [0.25, 0.3) is 0 Å². The zero-order valence-electron chi connectivity index (χ0n) is 12.6. The number of rotatable bonds is 8. The number of nitrogens with one attached hydrogen (secondary N) is 2. The SMILES string of the molecule is COCCNCC(=O)N(C)CC(=O)Nc1ccccc1Br.Cl.